The molecule has 0 unspecified atom stereocenters. The van der Waals surface area contributed by atoms with Crippen molar-refractivity contribution in [2.75, 3.05) is 20.7 Å². The molecule has 0 aliphatic rings. The SMILES string of the molecule is CCOc1ccc2c(c1)sc(C=CN(C)C)[n+]2C.[Cl-]. The van der Waals surface area contributed by atoms with Crippen LogP contribution in [0.3, 0.4) is 0 Å². The number of hydrogen-bond donors (Lipinski definition) is 0. The van der Waals surface area contributed by atoms with Crippen molar-refractivity contribution in [1.82, 2.24) is 4.90 Å². The van der Waals surface area contributed by atoms with Crippen LogP contribution in [0.1, 0.15) is 11.9 Å². The lowest BCUT2D eigenvalue weighted by Gasteiger charge is -2.00. The Morgan fingerprint density at radius 2 is 2.11 bits per heavy atom. The van der Waals surface area contributed by atoms with Gasteiger partial charge in [-0.1, -0.05) is 11.3 Å². The molecule has 5 heteroatoms. The lowest BCUT2D eigenvalue weighted by Crippen LogP contribution is -3.00. The standard InChI is InChI=1S/C14H19N2OS.ClH/c1-5-17-11-6-7-12-13(10-11)18-14(16(12)4)8-9-15(2)3;/h6-10H,5H2,1-4H3;1H/q+1;/p-1. The van der Waals surface area contributed by atoms with E-state index in [0.29, 0.717) is 6.61 Å². The summed E-state index contributed by atoms with van der Waals surface area (Å²) in [6, 6.07) is 6.25. The first-order valence-corrected chi connectivity index (χ1v) is 6.83. The van der Waals surface area contributed by atoms with Crippen molar-refractivity contribution in [1.29, 1.82) is 0 Å². The normalized spacial score (nSPS) is 10.7. The highest BCUT2D eigenvalue weighted by Crippen LogP contribution is 2.25. The number of hydrogen-bond acceptors (Lipinski definition) is 3. The molecule has 0 N–H and O–H groups in total. The third kappa shape index (κ3) is 3.61. The topological polar surface area (TPSA) is 16.4 Å². The number of benzene rings is 1. The number of fused-ring (bicyclic) bond motifs is 1. The molecule has 2 aromatic rings. The van der Waals surface area contributed by atoms with Crippen LogP contribution in [0.2, 0.25) is 0 Å². The highest BCUT2D eigenvalue weighted by atomic mass is 35.5. The molecule has 1 heterocycles. The maximum absolute atomic E-state index is 5.53. The molecule has 1 aromatic heterocycles. The van der Waals surface area contributed by atoms with Crippen molar-refractivity contribution >= 4 is 27.6 Å². The molecule has 19 heavy (non-hydrogen) atoms. The first kappa shape index (κ1) is 15.8. The molecule has 2 rings (SSSR count). The van der Waals surface area contributed by atoms with E-state index in [4.69, 9.17) is 4.74 Å². The van der Waals surface area contributed by atoms with Gasteiger partial charge >= 0.3 is 0 Å². The molecular weight excluding hydrogens is 280 g/mol. The van der Waals surface area contributed by atoms with Gasteiger partial charge in [-0.05, 0) is 13.0 Å². The fourth-order valence-corrected chi connectivity index (χ4v) is 2.84. The zero-order chi connectivity index (χ0) is 13.1. The zero-order valence-corrected chi connectivity index (χ0v) is 13.3. The van der Waals surface area contributed by atoms with Crippen molar-refractivity contribution < 1.29 is 21.7 Å². The summed E-state index contributed by atoms with van der Waals surface area (Å²) in [5.41, 5.74) is 1.24. The van der Waals surface area contributed by atoms with Crippen LogP contribution in [0, 0.1) is 0 Å². The minimum absolute atomic E-state index is 0. The molecule has 3 nitrogen and oxygen atoms in total. The van der Waals surface area contributed by atoms with Gasteiger partial charge in [0.15, 0.2) is 0 Å². The van der Waals surface area contributed by atoms with Crippen molar-refractivity contribution in [2.24, 2.45) is 7.05 Å². The van der Waals surface area contributed by atoms with Crippen LogP contribution in [0.25, 0.3) is 16.3 Å². The van der Waals surface area contributed by atoms with Gasteiger partial charge in [-0.2, -0.15) is 4.57 Å². The molecule has 0 saturated heterocycles. The predicted octanol–water partition coefficient (Wildman–Crippen LogP) is -0.339. The number of halogens is 1. The Morgan fingerprint density at radius 3 is 2.74 bits per heavy atom. The minimum Gasteiger partial charge on any atom is -1.00 e. The van der Waals surface area contributed by atoms with E-state index in [0.717, 1.165) is 5.75 Å². The van der Waals surface area contributed by atoms with Gasteiger partial charge in [-0.3, -0.25) is 0 Å². The zero-order valence-electron chi connectivity index (χ0n) is 11.7. The molecule has 0 atom stereocenters. The summed E-state index contributed by atoms with van der Waals surface area (Å²) in [5.74, 6) is 0.940. The van der Waals surface area contributed by atoms with Gasteiger partial charge < -0.3 is 22.0 Å². The first-order valence-electron chi connectivity index (χ1n) is 6.02. The summed E-state index contributed by atoms with van der Waals surface area (Å²) >= 11 is 1.78. The summed E-state index contributed by atoms with van der Waals surface area (Å²) in [5, 5.41) is 1.23. The number of ether oxygens (including phenoxy) is 1. The van der Waals surface area contributed by atoms with Gasteiger partial charge in [0.05, 0.1) is 6.61 Å². The van der Waals surface area contributed by atoms with Crippen LogP contribution in [-0.4, -0.2) is 25.6 Å². The van der Waals surface area contributed by atoms with E-state index in [1.54, 1.807) is 11.3 Å². The second-order valence-electron chi connectivity index (χ2n) is 4.34. The van der Waals surface area contributed by atoms with Crippen molar-refractivity contribution in [3.8, 4) is 5.75 Å². The second-order valence-corrected chi connectivity index (χ2v) is 5.40. The van der Waals surface area contributed by atoms with E-state index in [1.807, 2.05) is 32.0 Å². The summed E-state index contributed by atoms with van der Waals surface area (Å²) < 4.78 is 8.99. The summed E-state index contributed by atoms with van der Waals surface area (Å²) in [7, 11) is 6.14. The maximum atomic E-state index is 5.53. The summed E-state index contributed by atoms with van der Waals surface area (Å²) in [6.45, 7) is 2.71. The smallest absolute Gasteiger partial charge is 0.263 e. The molecule has 0 saturated carbocycles. The molecule has 0 fully saturated rings. The molecule has 0 bridgehead atoms. The van der Waals surface area contributed by atoms with Crippen molar-refractivity contribution in [3.05, 3.63) is 29.4 Å². The molecule has 0 aliphatic carbocycles. The first-order chi connectivity index (χ1) is 8.61. The molecule has 0 aliphatic heterocycles. The van der Waals surface area contributed by atoms with Crippen LogP contribution in [-0.2, 0) is 7.05 Å². The molecule has 0 spiro atoms. The van der Waals surface area contributed by atoms with Gasteiger partial charge in [-0.25, -0.2) is 0 Å². The molecule has 104 valence electrons. The highest BCUT2D eigenvalue weighted by Gasteiger charge is 2.15. The predicted molar refractivity (Wildman–Crippen MR) is 76.9 cm³/mol. The largest absolute Gasteiger partial charge is 1.00 e. The summed E-state index contributed by atoms with van der Waals surface area (Å²) in [4.78, 5) is 2.04. The van der Waals surface area contributed by atoms with E-state index >= 15 is 0 Å². The molecule has 0 amide bonds. The number of thiazole rings is 1. The fourth-order valence-electron chi connectivity index (χ4n) is 1.77. The monoisotopic (exact) mass is 298 g/mol. The van der Waals surface area contributed by atoms with Crippen LogP contribution in [0.15, 0.2) is 24.4 Å². The van der Waals surface area contributed by atoms with Gasteiger partial charge in [0.25, 0.3) is 5.01 Å². The Bertz CT molecular complexity index is 578. The third-order valence-electron chi connectivity index (χ3n) is 2.66. The Labute approximate surface area is 124 Å². The van der Waals surface area contributed by atoms with Gasteiger partial charge in [0, 0.05) is 38.5 Å². The van der Waals surface area contributed by atoms with E-state index in [-0.39, 0.29) is 12.4 Å². The lowest BCUT2D eigenvalue weighted by molar-refractivity contribution is -0.642. The lowest BCUT2D eigenvalue weighted by atomic mass is 10.3. The van der Waals surface area contributed by atoms with E-state index in [9.17, 15) is 0 Å². The average Bonchev–Trinajstić information content (AvgIpc) is 2.64. The minimum atomic E-state index is 0. The van der Waals surface area contributed by atoms with Crippen LogP contribution < -0.4 is 21.7 Å². The second kappa shape index (κ2) is 6.78. The summed E-state index contributed by atoms with van der Waals surface area (Å²) in [6.07, 6.45) is 4.19. The third-order valence-corrected chi connectivity index (χ3v) is 3.83. The van der Waals surface area contributed by atoms with Crippen LogP contribution in [0.4, 0.5) is 0 Å². The van der Waals surface area contributed by atoms with E-state index in [1.165, 1.54) is 15.2 Å². The molecular formula is C14H19ClN2OS. The molecule has 1 aromatic carbocycles. The van der Waals surface area contributed by atoms with Gasteiger partial charge in [0.2, 0.25) is 5.52 Å². The maximum Gasteiger partial charge on any atom is 0.263 e. The number of nitrogens with zero attached hydrogens (tertiary/aromatic N) is 2. The van der Waals surface area contributed by atoms with Gasteiger partial charge in [-0.15, -0.1) is 0 Å². The van der Waals surface area contributed by atoms with Crippen LogP contribution in [0.5, 0.6) is 5.75 Å². The van der Waals surface area contributed by atoms with E-state index in [2.05, 4.69) is 36.0 Å². The Balaban J connectivity index is 0.00000180. The fraction of sp³-hybridized carbons (Fsp3) is 0.357. The number of rotatable bonds is 4. The van der Waals surface area contributed by atoms with Crippen molar-refractivity contribution in [3.63, 3.8) is 0 Å². The quantitative estimate of drug-likeness (QED) is 0.718. The average molecular weight is 299 g/mol. The number of aromatic nitrogens is 1. The highest BCUT2D eigenvalue weighted by molar-refractivity contribution is 7.18. The Morgan fingerprint density at radius 1 is 1.37 bits per heavy atom. The van der Waals surface area contributed by atoms with Crippen LogP contribution >= 0.6 is 11.3 Å². The Hall–Kier alpha value is -1.26. The number of aryl methyl sites for hydroxylation is 1. The van der Waals surface area contributed by atoms with E-state index < -0.39 is 0 Å². The van der Waals surface area contributed by atoms with Crippen molar-refractivity contribution in [2.45, 2.75) is 6.92 Å². The van der Waals surface area contributed by atoms with Gasteiger partial charge in [0.1, 0.15) is 17.5 Å². The Kier molecular flexibility index (Phi) is 5.63. The molecule has 0 radical (unpaired) electrons.